The average Bonchev–Trinajstić information content (AvgIpc) is 2.73. The average molecular weight is 437 g/mol. The molecule has 29 heavy (non-hydrogen) atoms. The van der Waals surface area contributed by atoms with Crippen LogP contribution in [0.1, 0.15) is 33.6 Å². The summed E-state index contributed by atoms with van der Waals surface area (Å²) in [6.07, 6.45) is 1.31. The summed E-state index contributed by atoms with van der Waals surface area (Å²) in [6.45, 7) is 1.06. The van der Waals surface area contributed by atoms with E-state index in [1.165, 1.54) is 14.2 Å². The zero-order valence-corrected chi connectivity index (χ0v) is 17.7. The van der Waals surface area contributed by atoms with Gasteiger partial charge in [0, 0.05) is 35.8 Å². The van der Waals surface area contributed by atoms with Crippen molar-refractivity contribution in [3.8, 4) is 11.5 Å². The van der Waals surface area contributed by atoms with Gasteiger partial charge in [0.2, 0.25) is 0 Å². The fourth-order valence-corrected chi connectivity index (χ4v) is 3.76. The minimum Gasteiger partial charge on any atom is -0.497 e. The maximum absolute atomic E-state index is 12.7. The summed E-state index contributed by atoms with van der Waals surface area (Å²) in [4.78, 5) is 27.1. The molecule has 1 saturated heterocycles. The second-order valence-corrected chi connectivity index (χ2v) is 7.61. The number of hydrogen-bond acceptors (Lipinski definition) is 4. The van der Waals surface area contributed by atoms with Gasteiger partial charge in [0.25, 0.3) is 11.8 Å². The van der Waals surface area contributed by atoms with Crippen molar-refractivity contribution in [3.05, 3.63) is 57.6 Å². The van der Waals surface area contributed by atoms with Crippen LogP contribution in [0.25, 0.3) is 0 Å². The lowest BCUT2D eigenvalue weighted by atomic mass is 10.0. The highest BCUT2D eigenvalue weighted by atomic mass is 35.5. The van der Waals surface area contributed by atoms with Gasteiger partial charge >= 0.3 is 0 Å². The van der Waals surface area contributed by atoms with Crippen LogP contribution in [0, 0.1) is 0 Å². The summed E-state index contributed by atoms with van der Waals surface area (Å²) in [5, 5.41) is 3.85. The molecule has 0 aromatic heterocycles. The molecule has 1 fully saturated rings. The third-order valence-corrected chi connectivity index (χ3v) is 5.44. The Hall–Kier alpha value is -2.44. The number of likely N-dealkylation sites (tertiary alicyclic amines) is 1. The molecule has 2 aromatic carbocycles. The lowest BCUT2D eigenvalue weighted by Crippen LogP contribution is -2.46. The number of methoxy groups -OCH3 is 2. The SMILES string of the molecule is COc1cc(OC)cc(C(=O)NC2CCN(C(=O)c3ccc(Cl)cc3Cl)CC2)c1. The minimum absolute atomic E-state index is 0.0237. The van der Waals surface area contributed by atoms with Crippen molar-refractivity contribution in [3.63, 3.8) is 0 Å². The molecule has 0 atom stereocenters. The molecular weight excluding hydrogens is 415 g/mol. The summed E-state index contributed by atoms with van der Waals surface area (Å²) in [7, 11) is 3.08. The minimum atomic E-state index is -0.201. The van der Waals surface area contributed by atoms with Crippen LogP contribution in [-0.2, 0) is 0 Å². The first-order valence-electron chi connectivity index (χ1n) is 9.19. The summed E-state index contributed by atoms with van der Waals surface area (Å²) in [5.41, 5.74) is 0.898. The molecule has 3 rings (SSSR count). The second kappa shape index (κ2) is 9.37. The highest BCUT2D eigenvalue weighted by Gasteiger charge is 2.26. The molecule has 0 bridgehead atoms. The van der Waals surface area contributed by atoms with Gasteiger partial charge in [0.15, 0.2) is 0 Å². The van der Waals surface area contributed by atoms with E-state index < -0.39 is 0 Å². The van der Waals surface area contributed by atoms with Crippen LogP contribution in [0.15, 0.2) is 36.4 Å². The standard InChI is InChI=1S/C21H22Cl2N2O4/c1-28-16-9-13(10-17(12-16)29-2)20(26)24-15-5-7-25(8-6-15)21(27)18-4-3-14(22)11-19(18)23/h3-4,9-12,15H,5-8H2,1-2H3,(H,24,26). The molecular formula is C21H22Cl2N2O4. The number of halogens is 2. The molecule has 0 spiro atoms. The largest absolute Gasteiger partial charge is 0.497 e. The van der Waals surface area contributed by atoms with Gasteiger partial charge in [0.05, 0.1) is 24.8 Å². The van der Waals surface area contributed by atoms with Gasteiger partial charge in [-0.15, -0.1) is 0 Å². The van der Waals surface area contributed by atoms with E-state index in [4.69, 9.17) is 32.7 Å². The van der Waals surface area contributed by atoms with Gasteiger partial charge in [-0.3, -0.25) is 9.59 Å². The Morgan fingerprint density at radius 2 is 1.62 bits per heavy atom. The van der Waals surface area contributed by atoms with Crippen LogP contribution in [0.3, 0.4) is 0 Å². The van der Waals surface area contributed by atoms with Gasteiger partial charge in [-0.2, -0.15) is 0 Å². The molecule has 6 nitrogen and oxygen atoms in total. The number of nitrogens with zero attached hydrogens (tertiary/aromatic N) is 1. The molecule has 0 unspecified atom stereocenters. The normalized spacial score (nSPS) is 14.4. The monoisotopic (exact) mass is 436 g/mol. The number of carbonyl (C=O) groups is 2. The Morgan fingerprint density at radius 3 is 2.17 bits per heavy atom. The summed E-state index contributed by atoms with van der Waals surface area (Å²) in [5.74, 6) is 0.770. The molecule has 0 aliphatic carbocycles. The lowest BCUT2D eigenvalue weighted by molar-refractivity contribution is 0.0698. The topological polar surface area (TPSA) is 67.9 Å². The number of carbonyl (C=O) groups excluding carboxylic acids is 2. The molecule has 0 radical (unpaired) electrons. The van der Waals surface area contributed by atoms with Crippen molar-refractivity contribution >= 4 is 35.0 Å². The second-order valence-electron chi connectivity index (χ2n) is 6.77. The van der Waals surface area contributed by atoms with Crippen molar-refractivity contribution in [2.24, 2.45) is 0 Å². The summed E-state index contributed by atoms with van der Waals surface area (Å²) < 4.78 is 10.4. The van der Waals surface area contributed by atoms with E-state index >= 15 is 0 Å². The number of benzene rings is 2. The quantitative estimate of drug-likeness (QED) is 0.767. The summed E-state index contributed by atoms with van der Waals surface area (Å²) in [6, 6.07) is 9.86. The zero-order valence-electron chi connectivity index (χ0n) is 16.2. The van der Waals surface area contributed by atoms with Gasteiger partial charge in [-0.05, 0) is 43.2 Å². The van der Waals surface area contributed by atoms with Crippen LogP contribution in [0.2, 0.25) is 10.0 Å². The highest BCUT2D eigenvalue weighted by Crippen LogP contribution is 2.25. The molecule has 154 valence electrons. The Morgan fingerprint density at radius 1 is 1.00 bits per heavy atom. The zero-order chi connectivity index (χ0) is 21.0. The fourth-order valence-electron chi connectivity index (χ4n) is 3.27. The smallest absolute Gasteiger partial charge is 0.255 e. The van der Waals surface area contributed by atoms with Crippen LogP contribution in [0.5, 0.6) is 11.5 Å². The molecule has 1 N–H and O–H groups in total. The maximum Gasteiger partial charge on any atom is 0.255 e. The van der Waals surface area contributed by atoms with Crippen molar-refractivity contribution in [2.45, 2.75) is 18.9 Å². The predicted octanol–water partition coefficient (Wildman–Crippen LogP) is 4.05. The van der Waals surface area contributed by atoms with Crippen LogP contribution < -0.4 is 14.8 Å². The molecule has 2 amide bonds. The predicted molar refractivity (Wildman–Crippen MR) is 112 cm³/mol. The van der Waals surface area contributed by atoms with Crippen LogP contribution in [-0.4, -0.2) is 50.1 Å². The Bertz CT molecular complexity index is 889. The molecule has 1 aliphatic heterocycles. The molecule has 8 heteroatoms. The summed E-state index contributed by atoms with van der Waals surface area (Å²) >= 11 is 12.0. The number of rotatable bonds is 5. The van der Waals surface area contributed by atoms with Gasteiger partial charge in [-0.25, -0.2) is 0 Å². The van der Waals surface area contributed by atoms with E-state index in [1.807, 2.05) is 0 Å². The van der Waals surface area contributed by atoms with Crippen LogP contribution >= 0.6 is 23.2 Å². The molecule has 0 saturated carbocycles. The van der Waals surface area contributed by atoms with Crippen LogP contribution in [0.4, 0.5) is 0 Å². The molecule has 1 aliphatic rings. The highest BCUT2D eigenvalue weighted by molar-refractivity contribution is 6.36. The number of ether oxygens (including phenoxy) is 2. The Kier molecular flexibility index (Phi) is 6.87. The number of nitrogens with one attached hydrogen (secondary N) is 1. The van der Waals surface area contributed by atoms with E-state index in [1.54, 1.807) is 41.3 Å². The third kappa shape index (κ3) is 5.14. The first-order valence-corrected chi connectivity index (χ1v) is 9.95. The molecule has 2 aromatic rings. The van der Waals surface area contributed by atoms with E-state index in [0.29, 0.717) is 58.6 Å². The van der Waals surface area contributed by atoms with Crippen molar-refractivity contribution in [1.29, 1.82) is 0 Å². The lowest BCUT2D eigenvalue weighted by Gasteiger charge is -2.32. The van der Waals surface area contributed by atoms with E-state index in [-0.39, 0.29) is 17.9 Å². The number of amides is 2. The van der Waals surface area contributed by atoms with E-state index in [9.17, 15) is 9.59 Å². The van der Waals surface area contributed by atoms with Gasteiger partial charge in [-0.1, -0.05) is 23.2 Å². The fraction of sp³-hybridized carbons (Fsp3) is 0.333. The van der Waals surface area contributed by atoms with Gasteiger partial charge in [0.1, 0.15) is 11.5 Å². The van der Waals surface area contributed by atoms with Crippen molar-refractivity contribution < 1.29 is 19.1 Å². The molecule has 1 heterocycles. The Balaban J connectivity index is 1.59. The van der Waals surface area contributed by atoms with Gasteiger partial charge < -0.3 is 19.7 Å². The van der Waals surface area contributed by atoms with Crippen molar-refractivity contribution in [1.82, 2.24) is 10.2 Å². The third-order valence-electron chi connectivity index (χ3n) is 4.89. The van der Waals surface area contributed by atoms with E-state index in [0.717, 1.165) is 0 Å². The first kappa shape index (κ1) is 21.3. The maximum atomic E-state index is 12.7. The van der Waals surface area contributed by atoms with E-state index in [2.05, 4.69) is 5.32 Å². The number of piperidine rings is 1. The van der Waals surface area contributed by atoms with Crippen molar-refractivity contribution in [2.75, 3.05) is 27.3 Å². The number of hydrogen-bond donors (Lipinski definition) is 1. The first-order chi connectivity index (χ1) is 13.9. The Labute approximate surface area is 179 Å².